The summed E-state index contributed by atoms with van der Waals surface area (Å²) in [4.78, 5) is 16.9. The van der Waals surface area contributed by atoms with E-state index in [4.69, 9.17) is 10.5 Å². The zero-order valence-electron chi connectivity index (χ0n) is 12.4. The Balaban J connectivity index is 1.66. The molecular weight excluding hydrogens is 270 g/mol. The standard InChI is InChI=1S/C14H23N5O2/c1-2-12-17-13-10(4-3-7-19(13)18-12)16-14(20)11-6-5-9(8-15)21-11/h9-11H,2-8,15H2,1H3,(H,16,20)/t9-,10?,11+/m1/s1. The molecule has 3 rings (SSSR count). The lowest BCUT2D eigenvalue weighted by Crippen LogP contribution is -2.40. The Hall–Kier alpha value is -1.47. The van der Waals surface area contributed by atoms with Crippen LogP contribution in [0.5, 0.6) is 0 Å². The van der Waals surface area contributed by atoms with Gasteiger partial charge in [-0.1, -0.05) is 6.92 Å². The maximum absolute atomic E-state index is 12.3. The molecule has 0 saturated carbocycles. The number of aryl methyl sites for hydroxylation is 2. The van der Waals surface area contributed by atoms with E-state index in [2.05, 4.69) is 15.4 Å². The molecule has 0 aromatic carbocycles. The van der Waals surface area contributed by atoms with Crippen LogP contribution in [0.2, 0.25) is 0 Å². The molecule has 0 radical (unpaired) electrons. The molecule has 7 heteroatoms. The van der Waals surface area contributed by atoms with Crippen molar-refractivity contribution in [1.82, 2.24) is 20.1 Å². The van der Waals surface area contributed by atoms with Crippen LogP contribution >= 0.6 is 0 Å². The number of ether oxygens (including phenoxy) is 1. The van der Waals surface area contributed by atoms with Gasteiger partial charge in [-0.3, -0.25) is 4.79 Å². The molecule has 2 aliphatic rings. The van der Waals surface area contributed by atoms with Gasteiger partial charge < -0.3 is 15.8 Å². The van der Waals surface area contributed by atoms with Crippen LogP contribution in [0.1, 0.15) is 50.3 Å². The lowest BCUT2D eigenvalue weighted by Gasteiger charge is -2.24. The van der Waals surface area contributed by atoms with Gasteiger partial charge in [0.05, 0.1) is 12.1 Å². The van der Waals surface area contributed by atoms with Gasteiger partial charge in [-0.2, -0.15) is 5.10 Å². The Morgan fingerprint density at radius 3 is 3.05 bits per heavy atom. The molecule has 0 bridgehead atoms. The van der Waals surface area contributed by atoms with Crippen molar-refractivity contribution in [2.75, 3.05) is 6.54 Å². The van der Waals surface area contributed by atoms with Crippen molar-refractivity contribution < 1.29 is 9.53 Å². The molecule has 1 unspecified atom stereocenters. The second-order valence-electron chi connectivity index (χ2n) is 5.73. The summed E-state index contributed by atoms with van der Waals surface area (Å²) in [6.07, 6.45) is 3.96. The van der Waals surface area contributed by atoms with Crippen LogP contribution in [0.4, 0.5) is 0 Å². The molecule has 21 heavy (non-hydrogen) atoms. The highest BCUT2D eigenvalue weighted by molar-refractivity contribution is 5.81. The molecule has 7 nitrogen and oxygen atoms in total. The van der Waals surface area contributed by atoms with E-state index in [-0.39, 0.29) is 24.2 Å². The van der Waals surface area contributed by atoms with E-state index in [1.165, 1.54) is 0 Å². The summed E-state index contributed by atoms with van der Waals surface area (Å²) in [5, 5.41) is 7.53. The van der Waals surface area contributed by atoms with Gasteiger partial charge in [0.2, 0.25) is 5.91 Å². The lowest BCUT2D eigenvalue weighted by molar-refractivity contribution is -0.132. The van der Waals surface area contributed by atoms with Crippen LogP contribution in [0.25, 0.3) is 0 Å². The largest absolute Gasteiger partial charge is 0.364 e. The topological polar surface area (TPSA) is 95.1 Å². The highest BCUT2D eigenvalue weighted by atomic mass is 16.5. The van der Waals surface area contributed by atoms with Crippen LogP contribution in [0.3, 0.4) is 0 Å². The number of rotatable bonds is 4. The van der Waals surface area contributed by atoms with Crippen LogP contribution in [-0.4, -0.2) is 39.4 Å². The Labute approximate surface area is 124 Å². The SMILES string of the molecule is CCc1nc2n(n1)CCCC2NC(=O)[C@@H]1CC[C@H](CN)O1. The van der Waals surface area contributed by atoms with E-state index in [1.54, 1.807) is 0 Å². The monoisotopic (exact) mass is 293 g/mol. The molecule has 3 atom stereocenters. The number of carbonyl (C=O) groups is 1. The fraction of sp³-hybridized carbons (Fsp3) is 0.786. The zero-order valence-corrected chi connectivity index (χ0v) is 12.4. The van der Waals surface area contributed by atoms with Crippen molar-refractivity contribution in [3.05, 3.63) is 11.6 Å². The van der Waals surface area contributed by atoms with Gasteiger partial charge >= 0.3 is 0 Å². The van der Waals surface area contributed by atoms with Gasteiger partial charge in [0.15, 0.2) is 5.82 Å². The normalized spacial score (nSPS) is 28.4. The van der Waals surface area contributed by atoms with Crippen LogP contribution in [-0.2, 0) is 22.5 Å². The van der Waals surface area contributed by atoms with Crippen LogP contribution in [0.15, 0.2) is 0 Å². The first-order chi connectivity index (χ1) is 10.2. The van der Waals surface area contributed by atoms with E-state index in [0.29, 0.717) is 6.54 Å². The van der Waals surface area contributed by atoms with Crippen LogP contribution < -0.4 is 11.1 Å². The Bertz CT molecular complexity index is 515. The predicted molar refractivity (Wildman–Crippen MR) is 76.5 cm³/mol. The summed E-state index contributed by atoms with van der Waals surface area (Å²) >= 11 is 0. The quantitative estimate of drug-likeness (QED) is 0.832. The minimum absolute atomic E-state index is 0.0162. The summed E-state index contributed by atoms with van der Waals surface area (Å²) in [6.45, 7) is 3.39. The van der Waals surface area contributed by atoms with Gasteiger partial charge in [0.1, 0.15) is 11.9 Å². The first-order valence-electron chi connectivity index (χ1n) is 7.80. The molecule has 2 aliphatic heterocycles. The summed E-state index contributed by atoms with van der Waals surface area (Å²) in [5.41, 5.74) is 5.58. The number of amides is 1. The molecule has 1 aromatic heterocycles. The minimum atomic E-state index is -0.373. The first kappa shape index (κ1) is 14.5. The van der Waals surface area contributed by atoms with Gasteiger partial charge in [-0.25, -0.2) is 9.67 Å². The molecular formula is C14H23N5O2. The Morgan fingerprint density at radius 1 is 1.48 bits per heavy atom. The van der Waals surface area contributed by atoms with Gasteiger partial charge in [-0.05, 0) is 25.7 Å². The van der Waals surface area contributed by atoms with Crippen LogP contribution in [0, 0.1) is 0 Å². The highest BCUT2D eigenvalue weighted by Crippen LogP contribution is 2.25. The number of hydrogen-bond donors (Lipinski definition) is 2. The number of nitrogens with one attached hydrogen (secondary N) is 1. The molecule has 1 fully saturated rings. The van der Waals surface area contributed by atoms with Crippen molar-refractivity contribution in [1.29, 1.82) is 0 Å². The molecule has 1 saturated heterocycles. The lowest BCUT2D eigenvalue weighted by atomic mass is 10.1. The molecule has 3 N–H and O–H groups in total. The summed E-state index contributed by atoms with van der Waals surface area (Å²) < 4.78 is 7.57. The van der Waals surface area contributed by atoms with Crippen molar-refractivity contribution in [2.45, 2.75) is 63.8 Å². The second-order valence-corrected chi connectivity index (χ2v) is 5.73. The van der Waals surface area contributed by atoms with Gasteiger partial charge in [-0.15, -0.1) is 0 Å². The Morgan fingerprint density at radius 2 is 2.33 bits per heavy atom. The third kappa shape index (κ3) is 2.94. The maximum Gasteiger partial charge on any atom is 0.249 e. The molecule has 0 spiro atoms. The summed E-state index contributed by atoms with van der Waals surface area (Å²) in [5.74, 6) is 1.66. The maximum atomic E-state index is 12.3. The first-order valence-corrected chi connectivity index (χ1v) is 7.80. The number of fused-ring (bicyclic) bond motifs is 1. The van der Waals surface area contributed by atoms with Crippen molar-refractivity contribution in [3.63, 3.8) is 0 Å². The smallest absolute Gasteiger partial charge is 0.249 e. The van der Waals surface area contributed by atoms with Gasteiger partial charge in [0.25, 0.3) is 0 Å². The van der Waals surface area contributed by atoms with Crippen molar-refractivity contribution >= 4 is 5.91 Å². The number of nitrogens with two attached hydrogens (primary N) is 1. The van der Waals surface area contributed by atoms with E-state index in [1.807, 2.05) is 11.6 Å². The number of nitrogens with zero attached hydrogens (tertiary/aromatic N) is 3. The zero-order chi connectivity index (χ0) is 14.8. The number of aromatic nitrogens is 3. The number of hydrogen-bond acceptors (Lipinski definition) is 5. The minimum Gasteiger partial charge on any atom is -0.364 e. The summed E-state index contributed by atoms with van der Waals surface area (Å²) in [7, 11) is 0. The highest BCUT2D eigenvalue weighted by Gasteiger charge is 2.33. The second kappa shape index (κ2) is 6.11. The van der Waals surface area contributed by atoms with E-state index < -0.39 is 0 Å². The third-order valence-electron chi connectivity index (χ3n) is 4.21. The van der Waals surface area contributed by atoms with E-state index >= 15 is 0 Å². The fourth-order valence-electron chi connectivity index (χ4n) is 3.02. The van der Waals surface area contributed by atoms with E-state index in [0.717, 1.165) is 50.3 Å². The Kier molecular flexibility index (Phi) is 4.21. The third-order valence-corrected chi connectivity index (χ3v) is 4.21. The van der Waals surface area contributed by atoms with Crippen molar-refractivity contribution in [2.24, 2.45) is 5.73 Å². The molecule has 1 amide bonds. The average Bonchev–Trinajstić information content (AvgIpc) is 3.14. The molecule has 0 aliphatic carbocycles. The van der Waals surface area contributed by atoms with E-state index in [9.17, 15) is 4.79 Å². The fourth-order valence-corrected chi connectivity index (χ4v) is 3.02. The molecule has 1 aromatic rings. The molecule has 116 valence electrons. The molecule has 3 heterocycles. The average molecular weight is 293 g/mol. The van der Waals surface area contributed by atoms with Crippen molar-refractivity contribution in [3.8, 4) is 0 Å². The number of carbonyl (C=O) groups excluding carboxylic acids is 1. The summed E-state index contributed by atoms with van der Waals surface area (Å²) in [6, 6.07) is -0.0559. The predicted octanol–water partition coefficient (Wildman–Crippen LogP) is 0.298. The van der Waals surface area contributed by atoms with Gasteiger partial charge in [0, 0.05) is 19.5 Å².